The van der Waals surface area contributed by atoms with Crippen molar-refractivity contribution in [2.24, 2.45) is 0 Å². The van der Waals surface area contributed by atoms with Gasteiger partial charge in [-0.1, -0.05) is 0 Å². The lowest BCUT2D eigenvalue weighted by molar-refractivity contribution is 0.0380. The van der Waals surface area contributed by atoms with Gasteiger partial charge in [0.1, 0.15) is 0 Å². The molecule has 0 amide bonds. The smallest absolute Gasteiger partial charge is 0.0700 e. The zero-order valence-electron chi connectivity index (χ0n) is 7.37. The van der Waals surface area contributed by atoms with E-state index in [4.69, 9.17) is 19.7 Å². The molecule has 74 valence electrons. The minimum atomic E-state index is 0.172. The normalized spacial score (nSPS) is 10.5. The van der Waals surface area contributed by atoms with Gasteiger partial charge in [-0.3, -0.25) is 0 Å². The van der Waals surface area contributed by atoms with Crippen molar-refractivity contribution in [3.8, 4) is 0 Å². The zero-order chi connectivity index (χ0) is 9.07. The third-order valence-electron chi connectivity index (χ3n) is 1.27. The van der Waals surface area contributed by atoms with Crippen molar-refractivity contribution in [1.29, 1.82) is 0 Å². The number of rotatable bonds is 9. The number of hydrogen-bond donors (Lipinski definition) is 2. The fourth-order valence-corrected chi connectivity index (χ4v) is 0.655. The first kappa shape index (κ1) is 11.8. The third kappa shape index (κ3) is 9.84. The zero-order valence-corrected chi connectivity index (χ0v) is 7.37. The number of ether oxygens (including phenoxy) is 2. The summed E-state index contributed by atoms with van der Waals surface area (Å²) in [6.07, 6.45) is 1.35. The van der Waals surface area contributed by atoms with Gasteiger partial charge in [-0.15, -0.1) is 0 Å². The molecule has 0 unspecified atom stereocenters. The molecule has 0 bridgehead atoms. The van der Waals surface area contributed by atoms with Crippen LogP contribution in [0.3, 0.4) is 0 Å². The Balaban J connectivity index is 2.73. The van der Waals surface area contributed by atoms with Crippen LogP contribution in [0.5, 0.6) is 0 Å². The highest BCUT2D eigenvalue weighted by atomic mass is 16.5. The van der Waals surface area contributed by atoms with E-state index >= 15 is 0 Å². The molecule has 0 aromatic heterocycles. The summed E-state index contributed by atoms with van der Waals surface area (Å²) in [6, 6.07) is 0. The fraction of sp³-hybridized carbons (Fsp3) is 1.00. The highest BCUT2D eigenvalue weighted by molar-refractivity contribution is 4.35. The molecule has 0 aromatic rings. The highest BCUT2D eigenvalue weighted by Crippen LogP contribution is 1.84. The first-order valence-electron chi connectivity index (χ1n) is 4.29. The summed E-state index contributed by atoms with van der Waals surface area (Å²) in [5.74, 6) is 0. The molecule has 0 fully saturated rings. The molecule has 0 rings (SSSR count). The largest absolute Gasteiger partial charge is 0.396 e. The van der Waals surface area contributed by atoms with E-state index in [1.54, 1.807) is 0 Å². The quantitative estimate of drug-likeness (QED) is 0.479. The molecular weight excluding hydrogens is 160 g/mol. The van der Waals surface area contributed by atoms with Gasteiger partial charge >= 0.3 is 0 Å². The van der Waals surface area contributed by atoms with E-state index < -0.39 is 0 Å². The lowest BCUT2D eigenvalue weighted by atomic mass is 10.5. The Morgan fingerprint density at radius 1 is 0.667 bits per heavy atom. The van der Waals surface area contributed by atoms with Crippen LogP contribution >= 0.6 is 0 Å². The average Bonchev–Trinajstić information content (AvgIpc) is 2.10. The van der Waals surface area contributed by atoms with E-state index in [0.29, 0.717) is 39.3 Å². The molecule has 12 heavy (non-hydrogen) atoms. The SMILES string of the molecule is OCCCOCCOCCCO. The first-order valence-corrected chi connectivity index (χ1v) is 4.29. The van der Waals surface area contributed by atoms with Gasteiger partial charge in [-0.2, -0.15) is 0 Å². The van der Waals surface area contributed by atoms with E-state index in [1.807, 2.05) is 0 Å². The van der Waals surface area contributed by atoms with Crippen LogP contribution in [-0.2, 0) is 9.47 Å². The maximum atomic E-state index is 8.40. The van der Waals surface area contributed by atoms with Gasteiger partial charge in [0.2, 0.25) is 0 Å². The molecule has 0 saturated heterocycles. The van der Waals surface area contributed by atoms with Gasteiger partial charge in [-0.25, -0.2) is 0 Å². The summed E-state index contributed by atoms with van der Waals surface area (Å²) in [7, 11) is 0. The van der Waals surface area contributed by atoms with Gasteiger partial charge in [0, 0.05) is 26.4 Å². The lowest BCUT2D eigenvalue weighted by Crippen LogP contribution is -2.07. The molecule has 2 N–H and O–H groups in total. The van der Waals surface area contributed by atoms with Crippen LogP contribution in [0.25, 0.3) is 0 Å². The summed E-state index contributed by atoms with van der Waals surface area (Å²) in [4.78, 5) is 0. The first-order chi connectivity index (χ1) is 5.91. The Hall–Kier alpha value is -0.160. The van der Waals surface area contributed by atoms with E-state index in [-0.39, 0.29) is 13.2 Å². The molecule has 0 aliphatic rings. The van der Waals surface area contributed by atoms with Gasteiger partial charge in [-0.05, 0) is 12.8 Å². The van der Waals surface area contributed by atoms with Crippen LogP contribution in [0.1, 0.15) is 12.8 Å². The second kappa shape index (κ2) is 10.8. The molecule has 0 aliphatic carbocycles. The average molecular weight is 178 g/mol. The van der Waals surface area contributed by atoms with Crippen molar-refractivity contribution in [3.63, 3.8) is 0 Å². The summed E-state index contributed by atoms with van der Waals surface area (Å²) >= 11 is 0. The van der Waals surface area contributed by atoms with E-state index in [1.165, 1.54) is 0 Å². The Labute approximate surface area is 73.1 Å². The second-order valence-corrected chi connectivity index (χ2v) is 2.38. The molecule has 0 aromatic carbocycles. The van der Waals surface area contributed by atoms with E-state index in [0.717, 1.165) is 0 Å². The maximum absolute atomic E-state index is 8.40. The number of aliphatic hydroxyl groups is 2. The predicted octanol–water partition coefficient (Wildman–Crippen LogP) is -0.216. The maximum Gasteiger partial charge on any atom is 0.0700 e. The summed E-state index contributed by atoms with van der Waals surface area (Å²) < 4.78 is 10.2. The number of hydrogen-bond acceptors (Lipinski definition) is 4. The van der Waals surface area contributed by atoms with Crippen LogP contribution < -0.4 is 0 Å². The van der Waals surface area contributed by atoms with Crippen LogP contribution in [-0.4, -0.2) is 49.9 Å². The molecule has 4 heteroatoms. The molecule has 0 radical (unpaired) electrons. The fourth-order valence-electron chi connectivity index (χ4n) is 0.655. The molecule has 0 saturated carbocycles. The second-order valence-electron chi connectivity index (χ2n) is 2.38. The Morgan fingerprint density at radius 3 is 1.42 bits per heavy atom. The molecule has 0 spiro atoms. The molecule has 4 nitrogen and oxygen atoms in total. The van der Waals surface area contributed by atoms with Crippen molar-refractivity contribution in [1.82, 2.24) is 0 Å². The van der Waals surface area contributed by atoms with E-state index in [9.17, 15) is 0 Å². The minimum absolute atomic E-state index is 0.172. The van der Waals surface area contributed by atoms with Crippen LogP contribution in [0, 0.1) is 0 Å². The third-order valence-corrected chi connectivity index (χ3v) is 1.27. The molecule has 0 atom stereocenters. The Kier molecular flexibility index (Phi) is 10.7. The minimum Gasteiger partial charge on any atom is -0.396 e. The Bertz CT molecular complexity index is 67.5. The van der Waals surface area contributed by atoms with Crippen molar-refractivity contribution in [2.75, 3.05) is 39.6 Å². The lowest BCUT2D eigenvalue weighted by Gasteiger charge is -2.03. The predicted molar refractivity (Wildman–Crippen MR) is 45.0 cm³/mol. The standard InChI is InChI=1S/C8H18O4/c9-3-1-5-11-7-8-12-6-2-4-10/h9-10H,1-8H2. The van der Waals surface area contributed by atoms with Crippen molar-refractivity contribution < 1.29 is 19.7 Å². The molecule has 0 aliphatic heterocycles. The number of aliphatic hydroxyl groups excluding tert-OH is 2. The highest BCUT2D eigenvalue weighted by Gasteiger charge is 1.89. The molecular formula is C8H18O4. The van der Waals surface area contributed by atoms with E-state index in [2.05, 4.69) is 0 Å². The van der Waals surface area contributed by atoms with Crippen LogP contribution in [0.2, 0.25) is 0 Å². The van der Waals surface area contributed by atoms with Gasteiger partial charge in [0.25, 0.3) is 0 Å². The van der Waals surface area contributed by atoms with Crippen LogP contribution in [0.4, 0.5) is 0 Å². The van der Waals surface area contributed by atoms with Crippen molar-refractivity contribution in [2.45, 2.75) is 12.8 Å². The summed E-state index contributed by atoms with van der Waals surface area (Å²) in [5.41, 5.74) is 0. The van der Waals surface area contributed by atoms with Gasteiger partial charge in [0.15, 0.2) is 0 Å². The van der Waals surface area contributed by atoms with Crippen molar-refractivity contribution >= 4 is 0 Å². The monoisotopic (exact) mass is 178 g/mol. The van der Waals surface area contributed by atoms with Gasteiger partial charge < -0.3 is 19.7 Å². The van der Waals surface area contributed by atoms with Crippen molar-refractivity contribution in [3.05, 3.63) is 0 Å². The van der Waals surface area contributed by atoms with Crippen LogP contribution in [0.15, 0.2) is 0 Å². The van der Waals surface area contributed by atoms with Gasteiger partial charge in [0.05, 0.1) is 13.2 Å². The Morgan fingerprint density at radius 2 is 1.08 bits per heavy atom. The topological polar surface area (TPSA) is 58.9 Å². The molecule has 0 heterocycles. The summed E-state index contributed by atoms with van der Waals surface area (Å²) in [5, 5.41) is 16.8. The summed E-state index contributed by atoms with van der Waals surface area (Å²) in [6.45, 7) is 2.63.